The van der Waals surface area contributed by atoms with Gasteiger partial charge in [-0.25, -0.2) is 9.97 Å². The zero-order chi connectivity index (χ0) is 10.8. The molecule has 0 aliphatic heterocycles. The van der Waals surface area contributed by atoms with Crippen LogP contribution in [0, 0.1) is 12.8 Å². The van der Waals surface area contributed by atoms with Crippen LogP contribution >= 0.6 is 11.6 Å². The van der Waals surface area contributed by atoms with E-state index in [-0.39, 0.29) is 0 Å². The molecular weight excluding hydrogens is 210 g/mol. The lowest BCUT2D eigenvalue weighted by atomic mass is 10.2. The molecule has 2 unspecified atom stereocenters. The van der Waals surface area contributed by atoms with Crippen LogP contribution in [0.5, 0.6) is 0 Å². The number of hydrogen-bond acceptors (Lipinski definition) is 3. The Bertz CT molecular complexity index is 333. The molecule has 82 valence electrons. The zero-order valence-electron chi connectivity index (χ0n) is 9.13. The summed E-state index contributed by atoms with van der Waals surface area (Å²) in [6.07, 6.45) is 3.82. The molecular formula is C11H16ClN3. The van der Waals surface area contributed by atoms with Gasteiger partial charge in [0.25, 0.3) is 0 Å². The number of halogens is 1. The molecule has 15 heavy (non-hydrogen) atoms. The van der Waals surface area contributed by atoms with E-state index >= 15 is 0 Å². The van der Waals surface area contributed by atoms with E-state index in [9.17, 15) is 0 Å². The van der Waals surface area contributed by atoms with Gasteiger partial charge in [0, 0.05) is 12.1 Å². The van der Waals surface area contributed by atoms with Crippen molar-refractivity contribution in [2.24, 2.45) is 5.92 Å². The number of rotatable bonds is 4. The number of nitrogens with zero attached hydrogens (tertiary/aromatic N) is 2. The van der Waals surface area contributed by atoms with Gasteiger partial charge in [-0.2, -0.15) is 0 Å². The molecule has 0 amide bonds. The van der Waals surface area contributed by atoms with Crippen molar-refractivity contribution in [2.45, 2.75) is 39.2 Å². The van der Waals surface area contributed by atoms with Crippen LogP contribution in [-0.2, 0) is 0 Å². The standard InChI is InChI=1S/C11H16ClN3/c1-3-4-8-5-9(8)15-11-6-10(12)13-7(2)14-11/h6,8-9H,3-5H2,1-2H3,(H,13,14,15). The minimum absolute atomic E-state index is 0.512. The van der Waals surface area contributed by atoms with Gasteiger partial charge in [0.05, 0.1) is 0 Å². The summed E-state index contributed by atoms with van der Waals surface area (Å²) in [6.45, 7) is 4.08. The molecule has 1 aliphatic rings. The van der Waals surface area contributed by atoms with Crippen LogP contribution in [-0.4, -0.2) is 16.0 Å². The summed E-state index contributed by atoms with van der Waals surface area (Å²) in [5.41, 5.74) is 0. The van der Waals surface area contributed by atoms with Gasteiger partial charge in [-0.1, -0.05) is 24.9 Å². The van der Waals surface area contributed by atoms with Gasteiger partial charge in [-0.3, -0.25) is 0 Å². The first-order valence-electron chi connectivity index (χ1n) is 5.46. The molecule has 1 aromatic rings. The Balaban J connectivity index is 1.94. The van der Waals surface area contributed by atoms with Crippen LogP contribution < -0.4 is 5.32 Å². The van der Waals surface area contributed by atoms with E-state index in [1.807, 2.05) is 6.92 Å². The molecule has 1 aromatic heterocycles. The maximum absolute atomic E-state index is 5.86. The number of hydrogen-bond donors (Lipinski definition) is 1. The molecule has 0 bridgehead atoms. The van der Waals surface area contributed by atoms with E-state index < -0.39 is 0 Å². The number of nitrogens with one attached hydrogen (secondary N) is 1. The summed E-state index contributed by atoms with van der Waals surface area (Å²) in [5, 5.41) is 3.91. The lowest BCUT2D eigenvalue weighted by molar-refractivity contribution is 0.692. The van der Waals surface area contributed by atoms with Crippen molar-refractivity contribution in [1.29, 1.82) is 0 Å². The van der Waals surface area contributed by atoms with E-state index in [0.29, 0.717) is 11.2 Å². The zero-order valence-corrected chi connectivity index (χ0v) is 9.88. The van der Waals surface area contributed by atoms with E-state index in [0.717, 1.165) is 17.6 Å². The largest absolute Gasteiger partial charge is 0.367 e. The SMILES string of the molecule is CCCC1CC1Nc1cc(Cl)nc(C)n1. The summed E-state index contributed by atoms with van der Waals surface area (Å²) in [4.78, 5) is 8.33. The van der Waals surface area contributed by atoms with Gasteiger partial charge in [0.15, 0.2) is 0 Å². The predicted molar refractivity (Wildman–Crippen MR) is 62.2 cm³/mol. The highest BCUT2D eigenvalue weighted by molar-refractivity contribution is 6.29. The van der Waals surface area contributed by atoms with Crippen LogP contribution in [0.1, 0.15) is 32.0 Å². The van der Waals surface area contributed by atoms with Crippen LogP contribution in [0.2, 0.25) is 5.15 Å². The molecule has 0 aromatic carbocycles. The average molecular weight is 226 g/mol. The molecule has 2 atom stereocenters. The first-order chi connectivity index (χ1) is 7.19. The molecule has 0 spiro atoms. The van der Waals surface area contributed by atoms with Gasteiger partial charge in [-0.15, -0.1) is 0 Å². The monoisotopic (exact) mass is 225 g/mol. The molecule has 1 aliphatic carbocycles. The molecule has 4 heteroatoms. The highest BCUT2D eigenvalue weighted by atomic mass is 35.5. The molecule has 0 saturated heterocycles. The molecule has 2 rings (SSSR count). The van der Waals surface area contributed by atoms with Gasteiger partial charge < -0.3 is 5.32 Å². The van der Waals surface area contributed by atoms with E-state index in [1.165, 1.54) is 19.3 Å². The number of aryl methyl sites for hydroxylation is 1. The minimum atomic E-state index is 0.512. The van der Waals surface area contributed by atoms with Gasteiger partial charge in [0.1, 0.15) is 16.8 Å². The Labute approximate surface area is 95.3 Å². The third-order valence-electron chi connectivity index (χ3n) is 2.72. The van der Waals surface area contributed by atoms with Crippen LogP contribution in [0.25, 0.3) is 0 Å². The fourth-order valence-electron chi connectivity index (χ4n) is 1.91. The Kier molecular flexibility index (Phi) is 3.10. The Morgan fingerprint density at radius 2 is 2.33 bits per heavy atom. The molecule has 3 nitrogen and oxygen atoms in total. The fraction of sp³-hybridized carbons (Fsp3) is 0.636. The second-order valence-electron chi connectivity index (χ2n) is 4.16. The smallest absolute Gasteiger partial charge is 0.134 e. The highest BCUT2D eigenvalue weighted by Gasteiger charge is 2.36. The topological polar surface area (TPSA) is 37.8 Å². The minimum Gasteiger partial charge on any atom is -0.367 e. The Hall–Kier alpha value is -0.830. The summed E-state index contributed by atoms with van der Waals surface area (Å²) in [6, 6.07) is 2.38. The third-order valence-corrected chi connectivity index (χ3v) is 2.92. The van der Waals surface area contributed by atoms with Crippen molar-refractivity contribution in [3.05, 3.63) is 17.0 Å². The lowest BCUT2D eigenvalue weighted by Gasteiger charge is -2.05. The highest BCUT2D eigenvalue weighted by Crippen LogP contribution is 2.36. The first-order valence-corrected chi connectivity index (χ1v) is 5.84. The van der Waals surface area contributed by atoms with Crippen molar-refractivity contribution in [1.82, 2.24) is 9.97 Å². The third kappa shape index (κ3) is 2.81. The van der Waals surface area contributed by atoms with Crippen molar-refractivity contribution in [3.8, 4) is 0 Å². The Morgan fingerprint density at radius 1 is 1.53 bits per heavy atom. The van der Waals surface area contributed by atoms with E-state index in [1.54, 1.807) is 6.07 Å². The molecule has 1 N–H and O–H groups in total. The number of anilines is 1. The average Bonchev–Trinajstić information content (AvgIpc) is 2.82. The first kappa shape index (κ1) is 10.7. The van der Waals surface area contributed by atoms with Crippen LogP contribution in [0.15, 0.2) is 6.07 Å². The molecule has 1 heterocycles. The summed E-state index contributed by atoms with van der Waals surface area (Å²) in [5.74, 6) is 2.40. The maximum Gasteiger partial charge on any atom is 0.134 e. The normalized spacial score (nSPS) is 23.9. The van der Waals surface area contributed by atoms with Crippen molar-refractivity contribution >= 4 is 17.4 Å². The van der Waals surface area contributed by atoms with E-state index in [4.69, 9.17) is 11.6 Å². The molecule has 1 fully saturated rings. The quantitative estimate of drug-likeness (QED) is 0.801. The summed E-state index contributed by atoms with van der Waals surface area (Å²) < 4.78 is 0. The molecule has 1 saturated carbocycles. The van der Waals surface area contributed by atoms with E-state index in [2.05, 4.69) is 22.2 Å². The molecule has 0 radical (unpaired) electrons. The predicted octanol–water partition coefficient (Wildman–Crippen LogP) is 3.04. The van der Waals surface area contributed by atoms with Crippen LogP contribution in [0.4, 0.5) is 5.82 Å². The van der Waals surface area contributed by atoms with Gasteiger partial charge >= 0.3 is 0 Å². The lowest BCUT2D eigenvalue weighted by Crippen LogP contribution is -2.07. The van der Waals surface area contributed by atoms with Crippen molar-refractivity contribution in [2.75, 3.05) is 5.32 Å². The summed E-state index contributed by atoms with van der Waals surface area (Å²) in [7, 11) is 0. The fourth-order valence-corrected chi connectivity index (χ4v) is 2.14. The summed E-state index contributed by atoms with van der Waals surface area (Å²) >= 11 is 5.86. The maximum atomic E-state index is 5.86. The Morgan fingerprint density at radius 3 is 3.00 bits per heavy atom. The van der Waals surface area contributed by atoms with Crippen molar-refractivity contribution in [3.63, 3.8) is 0 Å². The second kappa shape index (κ2) is 4.35. The second-order valence-corrected chi connectivity index (χ2v) is 4.55. The van der Waals surface area contributed by atoms with Gasteiger partial charge in [0.2, 0.25) is 0 Å². The van der Waals surface area contributed by atoms with Crippen LogP contribution in [0.3, 0.4) is 0 Å². The van der Waals surface area contributed by atoms with Gasteiger partial charge in [-0.05, 0) is 25.7 Å². The number of aromatic nitrogens is 2. The van der Waals surface area contributed by atoms with Crippen molar-refractivity contribution < 1.29 is 0 Å².